The van der Waals surface area contributed by atoms with Gasteiger partial charge in [0.2, 0.25) is 22.1 Å². The van der Waals surface area contributed by atoms with Crippen LogP contribution in [0.1, 0.15) is 36.0 Å². The van der Waals surface area contributed by atoms with Crippen LogP contribution in [0.2, 0.25) is 0 Å². The number of benzene rings is 1. The molecule has 30 heavy (non-hydrogen) atoms. The van der Waals surface area contributed by atoms with Gasteiger partial charge in [0, 0.05) is 26.1 Å². The normalized spacial score (nSPS) is 19.1. The van der Waals surface area contributed by atoms with Crippen molar-refractivity contribution in [1.29, 1.82) is 0 Å². The maximum Gasteiger partial charge on any atom is 0.339 e. The number of esters is 1. The molecular formula is C20H23N5O4S. The van der Waals surface area contributed by atoms with Gasteiger partial charge in [0.1, 0.15) is 0 Å². The molecule has 1 aromatic carbocycles. The first kappa shape index (κ1) is 20.3. The number of rotatable bonds is 5. The van der Waals surface area contributed by atoms with E-state index in [1.807, 2.05) is 4.90 Å². The molecule has 0 spiro atoms. The van der Waals surface area contributed by atoms with Crippen molar-refractivity contribution in [3.05, 3.63) is 29.8 Å². The van der Waals surface area contributed by atoms with Gasteiger partial charge in [-0.3, -0.25) is 14.5 Å². The topological polar surface area (TPSA) is 105 Å². The van der Waals surface area contributed by atoms with Crippen LogP contribution < -0.4 is 15.1 Å². The van der Waals surface area contributed by atoms with E-state index >= 15 is 0 Å². The van der Waals surface area contributed by atoms with Crippen LogP contribution in [0.15, 0.2) is 24.3 Å². The second-order valence-corrected chi connectivity index (χ2v) is 8.26. The molecule has 2 aromatic rings. The summed E-state index contributed by atoms with van der Waals surface area (Å²) in [6, 6.07) is 6.80. The summed E-state index contributed by atoms with van der Waals surface area (Å²) in [5.41, 5.74) is 0.766. The van der Waals surface area contributed by atoms with Crippen molar-refractivity contribution in [3.8, 4) is 0 Å². The Kier molecular flexibility index (Phi) is 5.93. The van der Waals surface area contributed by atoms with Crippen molar-refractivity contribution in [1.82, 2.24) is 10.2 Å². The third-order valence-electron chi connectivity index (χ3n) is 5.36. The monoisotopic (exact) mass is 429 g/mol. The lowest BCUT2D eigenvalue weighted by Crippen LogP contribution is -2.40. The van der Waals surface area contributed by atoms with Gasteiger partial charge in [0.05, 0.1) is 24.3 Å². The van der Waals surface area contributed by atoms with Crippen molar-refractivity contribution < 1.29 is 19.1 Å². The number of methoxy groups -OCH3 is 1. The molecule has 4 rings (SSSR count). The SMILES string of the molecule is COC(=O)c1ccccc1NC(=O)[C@H]1CCCN(c2nnc(N3CCCC3=O)s2)C1. The van der Waals surface area contributed by atoms with E-state index in [1.54, 1.807) is 29.2 Å². The van der Waals surface area contributed by atoms with Gasteiger partial charge < -0.3 is 15.0 Å². The summed E-state index contributed by atoms with van der Waals surface area (Å²) in [5.74, 6) is -0.798. The first-order valence-corrected chi connectivity index (χ1v) is 10.8. The number of carbonyl (C=O) groups excluding carboxylic acids is 3. The Balaban J connectivity index is 1.43. The van der Waals surface area contributed by atoms with Crippen molar-refractivity contribution in [2.24, 2.45) is 5.92 Å². The Labute approximate surface area is 178 Å². The Morgan fingerprint density at radius 3 is 2.73 bits per heavy atom. The average Bonchev–Trinajstić information content (AvgIpc) is 3.42. The molecule has 2 aliphatic heterocycles. The molecule has 2 saturated heterocycles. The van der Waals surface area contributed by atoms with E-state index in [9.17, 15) is 14.4 Å². The van der Waals surface area contributed by atoms with Gasteiger partial charge in [-0.1, -0.05) is 23.5 Å². The van der Waals surface area contributed by atoms with Crippen LogP contribution in [0.25, 0.3) is 0 Å². The predicted octanol–water partition coefficient (Wildman–Crippen LogP) is 2.31. The number of hydrogen-bond donors (Lipinski definition) is 1. The zero-order valence-electron chi connectivity index (χ0n) is 16.7. The highest BCUT2D eigenvalue weighted by molar-refractivity contribution is 7.19. The van der Waals surface area contributed by atoms with E-state index in [1.165, 1.54) is 18.4 Å². The summed E-state index contributed by atoms with van der Waals surface area (Å²) in [6.07, 6.45) is 2.98. The molecule has 0 unspecified atom stereocenters. The first-order chi connectivity index (χ1) is 14.6. The van der Waals surface area contributed by atoms with Crippen LogP contribution in [-0.2, 0) is 14.3 Å². The van der Waals surface area contributed by atoms with Gasteiger partial charge in [-0.2, -0.15) is 0 Å². The minimum Gasteiger partial charge on any atom is -0.465 e. The van der Waals surface area contributed by atoms with Gasteiger partial charge in [-0.05, 0) is 31.4 Å². The summed E-state index contributed by atoms with van der Waals surface area (Å²) in [5, 5.41) is 12.6. The van der Waals surface area contributed by atoms with Crippen molar-refractivity contribution >= 4 is 45.1 Å². The summed E-state index contributed by atoms with van der Waals surface area (Å²) in [7, 11) is 1.31. The van der Waals surface area contributed by atoms with Crippen LogP contribution in [-0.4, -0.2) is 54.7 Å². The predicted molar refractivity (Wildman–Crippen MR) is 113 cm³/mol. The molecule has 2 aliphatic rings. The van der Waals surface area contributed by atoms with E-state index in [0.29, 0.717) is 35.9 Å². The third kappa shape index (κ3) is 4.13. The van der Waals surface area contributed by atoms with Crippen LogP contribution in [0, 0.1) is 5.92 Å². The van der Waals surface area contributed by atoms with Crippen LogP contribution >= 0.6 is 11.3 Å². The zero-order valence-corrected chi connectivity index (χ0v) is 17.5. The molecule has 1 atom stereocenters. The van der Waals surface area contributed by atoms with E-state index in [0.717, 1.165) is 30.9 Å². The number of hydrogen-bond acceptors (Lipinski definition) is 8. The molecule has 10 heteroatoms. The van der Waals surface area contributed by atoms with E-state index in [-0.39, 0.29) is 17.7 Å². The molecule has 3 heterocycles. The van der Waals surface area contributed by atoms with Gasteiger partial charge in [0.25, 0.3) is 0 Å². The molecule has 9 nitrogen and oxygen atoms in total. The van der Waals surface area contributed by atoms with Gasteiger partial charge in [-0.15, -0.1) is 10.2 Å². The number of nitrogens with zero attached hydrogens (tertiary/aromatic N) is 4. The lowest BCUT2D eigenvalue weighted by molar-refractivity contribution is -0.120. The molecule has 2 fully saturated rings. The summed E-state index contributed by atoms with van der Waals surface area (Å²) in [6.45, 7) is 1.97. The zero-order chi connectivity index (χ0) is 21.1. The smallest absolute Gasteiger partial charge is 0.339 e. The highest BCUT2D eigenvalue weighted by Gasteiger charge is 2.30. The molecule has 1 aromatic heterocycles. The third-order valence-corrected chi connectivity index (χ3v) is 6.37. The quantitative estimate of drug-likeness (QED) is 0.727. The minimum absolute atomic E-state index is 0.0814. The molecular weight excluding hydrogens is 406 g/mol. The number of piperidine rings is 1. The molecule has 0 saturated carbocycles. The van der Waals surface area contributed by atoms with Crippen molar-refractivity contribution in [2.75, 3.05) is 41.9 Å². The van der Waals surface area contributed by atoms with E-state index < -0.39 is 5.97 Å². The number of para-hydroxylation sites is 1. The van der Waals surface area contributed by atoms with Crippen molar-refractivity contribution in [2.45, 2.75) is 25.7 Å². The van der Waals surface area contributed by atoms with Crippen LogP contribution in [0.5, 0.6) is 0 Å². The Hall–Kier alpha value is -3.01. The van der Waals surface area contributed by atoms with Gasteiger partial charge in [0.15, 0.2) is 0 Å². The lowest BCUT2D eigenvalue weighted by atomic mass is 9.97. The fourth-order valence-electron chi connectivity index (χ4n) is 3.78. The largest absolute Gasteiger partial charge is 0.465 e. The molecule has 0 aliphatic carbocycles. The summed E-state index contributed by atoms with van der Waals surface area (Å²) in [4.78, 5) is 40.5. The van der Waals surface area contributed by atoms with E-state index in [2.05, 4.69) is 15.5 Å². The number of amides is 2. The molecule has 0 bridgehead atoms. The van der Waals surface area contributed by atoms with E-state index in [4.69, 9.17) is 4.74 Å². The van der Waals surface area contributed by atoms with Gasteiger partial charge >= 0.3 is 5.97 Å². The Bertz CT molecular complexity index is 962. The Morgan fingerprint density at radius 1 is 1.17 bits per heavy atom. The molecule has 1 N–H and O–H groups in total. The lowest BCUT2D eigenvalue weighted by Gasteiger charge is -2.31. The average molecular weight is 430 g/mol. The van der Waals surface area contributed by atoms with Crippen molar-refractivity contribution in [3.63, 3.8) is 0 Å². The maximum absolute atomic E-state index is 12.9. The molecule has 2 amide bonds. The second-order valence-electron chi connectivity index (χ2n) is 7.33. The first-order valence-electron chi connectivity index (χ1n) is 9.94. The Morgan fingerprint density at radius 2 is 1.97 bits per heavy atom. The fourth-order valence-corrected chi connectivity index (χ4v) is 4.70. The highest BCUT2D eigenvalue weighted by atomic mass is 32.1. The number of carbonyl (C=O) groups is 3. The number of aromatic nitrogens is 2. The number of nitrogens with one attached hydrogen (secondary N) is 1. The van der Waals surface area contributed by atoms with Crippen LogP contribution in [0.3, 0.4) is 0 Å². The fraction of sp³-hybridized carbons (Fsp3) is 0.450. The maximum atomic E-state index is 12.9. The summed E-state index contributed by atoms with van der Waals surface area (Å²) >= 11 is 1.38. The highest BCUT2D eigenvalue weighted by Crippen LogP contribution is 2.32. The number of anilines is 3. The standard InChI is InChI=1S/C20H23N5O4S/c1-29-18(28)14-7-2-3-8-15(14)21-17(27)13-6-4-10-24(12-13)19-22-23-20(30-19)25-11-5-9-16(25)26/h2-3,7-8,13H,4-6,9-12H2,1H3,(H,21,27)/t13-/m0/s1. The summed E-state index contributed by atoms with van der Waals surface area (Å²) < 4.78 is 4.79. The molecule has 0 radical (unpaired) electrons. The van der Waals surface area contributed by atoms with Gasteiger partial charge in [-0.25, -0.2) is 4.79 Å². The molecule has 158 valence electrons. The second kappa shape index (κ2) is 8.78. The minimum atomic E-state index is -0.492. The van der Waals surface area contributed by atoms with Crippen LogP contribution in [0.4, 0.5) is 16.0 Å². The number of ether oxygens (including phenoxy) is 1.